The number of sulfone groups is 1. The molecule has 2 nitrogen and oxygen atoms in total. The molecule has 0 fully saturated rings. The van der Waals surface area contributed by atoms with Gasteiger partial charge >= 0.3 is 0 Å². The van der Waals surface area contributed by atoms with E-state index >= 15 is 0 Å². The Morgan fingerprint density at radius 3 is 2.82 bits per heavy atom. The van der Waals surface area contributed by atoms with E-state index in [9.17, 15) is 8.42 Å². The number of rotatable bonds is 3. The first-order valence-corrected chi connectivity index (χ1v) is 5.35. The van der Waals surface area contributed by atoms with Gasteiger partial charge in [0, 0.05) is 4.91 Å². The molecule has 0 aromatic carbocycles. The fourth-order valence-corrected chi connectivity index (χ4v) is 2.54. The molecular weight excluding hydrogens is 160 g/mol. The molecule has 0 saturated heterocycles. The van der Waals surface area contributed by atoms with Gasteiger partial charge in [-0.2, -0.15) is 0 Å². The van der Waals surface area contributed by atoms with Crippen molar-refractivity contribution in [3.63, 3.8) is 0 Å². The monoisotopic (exact) mass is 172 g/mol. The smallest absolute Gasteiger partial charge is 0.177 e. The highest BCUT2D eigenvalue weighted by atomic mass is 32.2. The van der Waals surface area contributed by atoms with Crippen molar-refractivity contribution in [1.29, 1.82) is 0 Å². The van der Waals surface area contributed by atoms with Gasteiger partial charge in [-0.3, -0.25) is 0 Å². The molecule has 11 heavy (non-hydrogen) atoms. The van der Waals surface area contributed by atoms with Gasteiger partial charge in [-0.15, -0.1) is 6.58 Å². The predicted molar refractivity (Wildman–Crippen MR) is 45.9 cm³/mol. The minimum atomic E-state index is -2.97. The summed E-state index contributed by atoms with van der Waals surface area (Å²) in [6.45, 7) is 3.41. The molecule has 0 aliphatic heterocycles. The van der Waals surface area contributed by atoms with E-state index in [4.69, 9.17) is 0 Å². The summed E-state index contributed by atoms with van der Waals surface area (Å²) in [4.78, 5) is 0.609. The van der Waals surface area contributed by atoms with Crippen LogP contribution in [0.4, 0.5) is 0 Å². The van der Waals surface area contributed by atoms with Crippen LogP contribution in [0.3, 0.4) is 0 Å². The van der Waals surface area contributed by atoms with Crippen LogP contribution in [0.25, 0.3) is 0 Å². The molecule has 1 aliphatic carbocycles. The van der Waals surface area contributed by atoms with Crippen LogP contribution in [0.2, 0.25) is 0 Å². The fourth-order valence-electron chi connectivity index (χ4n) is 1.19. The molecule has 0 heterocycles. The zero-order valence-corrected chi connectivity index (χ0v) is 7.23. The van der Waals surface area contributed by atoms with Crippen LogP contribution in [0.1, 0.15) is 19.3 Å². The van der Waals surface area contributed by atoms with Gasteiger partial charge < -0.3 is 0 Å². The van der Waals surface area contributed by atoms with Crippen LogP contribution in [-0.4, -0.2) is 14.2 Å². The second kappa shape index (κ2) is 3.22. The quantitative estimate of drug-likeness (QED) is 0.607. The lowest BCUT2D eigenvalue weighted by atomic mass is 10.4. The summed E-state index contributed by atoms with van der Waals surface area (Å²) in [6, 6.07) is 0. The van der Waals surface area contributed by atoms with Crippen molar-refractivity contribution in [3.05, 3.63) is 23.6 Å². The molecule has 0 amide bonds. The van der Waals surface area contributed by atoms with Crippen molar-refractivity contribution in [1.82, 2.24) is 0 Å². The molecule has 0 radical (unpaired) electrons. The highest BCUT2D eigenvalue weighted by Crippen LogP contribution is 2.23. The minimum absolute atomic E-state index is 0.0822. The zero-order valence-electron chi connectivity index (χ0n) is 6.41. The van der Waals surface area contributed by atoms with Crippen LogP contribution in [0, 0.1) is 0 Å². The molecule has 0 bridgehead atoms. The number of allylic oxidation sites excluding steroid dienone is 2. The van der Waals surface area contributed by atoms with Gasteiger partial charge in [0.25, 0.3) is 0 Å². The molecule has 0 N–H and O–H groups in total. The first-order valence-electron chi connectivity index (χ1n) is 3.69. The second-order valence-corrected chi connectivity index (χ2v) is 4.72. The molecule has 0 atom stereocenters. The van der Waals surface area contributed by atoms with E-state index < -0.39 is 9.84 Å². The van der Waals surface area contributed by atoms with Gasteiger partial charge in [0.05, 0.1) is 5.75 Å². The van der Waals surface area contributed by atoms with E-state index in [2.05, 4.69) is 6.58 Å². The Labute approximate surface area is 67.5 Å². The van der Waals surface area contributed by atoms with Crippen molar-refractivity contribution in [3.8, 4) is 0 Å². The number of hydrogen-bond donors (Lipinski definition) is 0. The van der Waals surface area contributed by atoms with E-state index in [0.717, 1.165) is 19.3 Å². The third-order valence-corrected chi connectivity index (χ3v) is 3.58. The lowest BCUT2D eigenvalue weighted by molar-refractivity contribution is 0.603. The summed E-state index contributed by atoms with van der Waals surface area (Å²) in [6.07, 6.45) is 5.86. The van der Waals surface area contributed by atoms with Crippen LogP contribution in [-0.2, 0) is 9.84 Å². The fraction of sp³-hybridized carbons (Fsp3) is 0.500. The van der Waals surface area contributed by atoms with E-state index in [1.807, 2.05) is 6.08 Å². The summed E-state index contributed by atoms with van der Waals surface area (Å²) in [7, 11) is -2.97. The molecule has 0 unspecified atom stereocenters. The van der Waals surface area contributed by atoms with E-state index in [0.29, 0.717) is 4.91 Å². The molecule has 3 heteroatoms. The van der Waals surface area contributed by atoms with Crippen LogP contribution >= 0.6 is 0 Å². The first-order chi connectivity index (χ1) is 5.17. The molecule has 0 aromatic heterocycles. The molecule has 0 spiro atoms. The number of hydrogen-bond acceptors (Lipinski definition) is 2. The van der Waals surface area contributed by atoms with Crippen molar-refractivity contribution >= 4 is 9.84 Å². The average molecular weight is 172 g/mol. The minimum Gasteiger partial charge on any atom is -0.224 e. The Bertz CT molecular complexity index is 272. The molecule has 0 aromatic rings. The average Bonchev–Trinajstić information content (AvgIpc) is 2.37. The third-order valence-electron chi connectivity index (χ3n) is 1.74. The summed E-state index contributed by atoms with van der Waals surface area (Å²) in [5.41, 5.74) is 0. The SMILES string of the molecule is C=CCS(=O)(=O)C1=CCCC1. The second-order valence-electron chi connectivity index (χ2n) is 2.63. The van der Waals surface area contributed by atoms with Crippen molar-refractivity contribution in [2.75, 3.05) is 5.75 Å². The van der Waals surface area contributed by atoms with Gasteiger partial charge in [-0.05, 0) is 19.3 Å². The maximum absolute atomic E-state index is 11.3. The van der Waals surface area contributed by atoms with E-state index in [-0.39, 0.29) is 5.75 Å². The third kappa shape index (κ3) is 1.93. The normalized spacial score (nSPS) is 18.0. The van der Waals surface area contributed by atoms with Crippen molar-refractivity contribution < 1.29 is 8.42 Å². The lowest BCUT2D eigenvalue weighted by Crippen LogP contribution is -2.05. The highest BCUT2D eigenvalue weighted by Gasteiger charge is 2.18. The zero-order chi connectivity index (χ0) is 8.32. The summed E-state index contributed by atoms with van der Waals surface area (Å²) in [5.74, 6) is 0.0822. The molecule has 62 valence electrons. The summed E-state index contributed by atoms with van der Waals surface area (Å²) >= 11 is 0. The largest absolute Gasteiger partial charge is 0.224 e. The predicted octanol–water partition coefficient (Wildman–Crippen LogP) is 1.66. The van der Waals surface area contributed by atoms with Gasteiger partial charge in [-0.25, -0.2) is 8.42 Å². The van der Waals surface area contributed by atoms with Crippen LogP contribution in [0.5, 0.6) is 0 Å². The highest BCUT2D eigenvalue weighted by molar-refractivity contribution is 7.95. The standard InChI is InChI=1S/C8H12O2S/c1-2-7-11(9,10)8-5-3-4-6-8/h2,5H,1,3-4,6-7H2. The van der Waals surface area contributed by atoms with Gasteiger partial charge in [0.15, 0.2) is 9.84 Å². The Morgan fingerprint density at radius 1 is 1.64 bits per heavy atom. The van der Waals surface area contributed by atoms with Gasteiger partial charge in [0.2, 0.25) is 0 Å². The Morgan fingerprint density at radius 2 is 2.36 bits per heavy atom. The summed E-state index contributed by atoms with van der Waals surface area (Å²) in [5, 5.41) is 0. The maximum atomic E-state index is 11.3. The van der Waals surface area contributed by atoms with Crippen LogP contribution < -0.4 is 0 Å². The summed E-state index contributed by atoms with van der Waals surface area (Å²) < 4.78 is 22.6. The maximum Gasteiger partial charge on any atom is 0.177 e. The molecule has 1 rings (SSSR count). The Balaban J connectivity index is 2.80. The van der Waals surface area contributed by atoms with Gasteiger partial charge in [-0.1, -0.05) is 12.2 Å². The Hall–Kier alpha value is -0.570. The molecular formula is C8H12O2S. The van der Waals surface area contributed by atoms with Crippen LogP contribution in [0.15, 0.2) is 23.6 Å². The van der Waals surface area contributed by atoms with E-state index in [1.54, 1.807) is 0 Å². The molecule has 1 aliphatic rings. The van der Waals surface area contributed by atoms with Crippen molar-refractivity contribution in [2.24, 2.45) is 0 Å². The lowest BCUT2D eigenvalue weighted by Gasteiger charge is -1.99. The first kappa shape index (κ1) is 8.53. The van der Waals surface area contributed by atoms with Crippen molar-refractivity contribution in [2.45, 2.75) is 19.3 Å². The van der Waals surface area contributed by atoms with E-state index in [1.165, 1.54) is 6.08 Å². The Kier molecular flexibility index (Phi) is 2.49. The van der Waals surface area contributed by atoms with Gasteiger partial charge in [0.1, 0.15) is 0 Å². The topological polar surface area (TPSA) is 34.1 Å². The molecule has 0 saturated carbocycles.